The quantitative estimate of drug-likeness (QED) is 0.256. The normalized spacial score (nSPS) is 11.6. The molecule has 0 radical (unpaired) electrons. The molecular formula is C27H36N2O3S. The summed E-state index contributed by atoms with van der Waals surface area (Å²) in [6.07, 6.45) is 13.6. The Morgan fingerprint density at radius 2 is 1.58 bits per heavy atom. The standard InChI is InChI=1S/C27H36N2O3S/c1-3-4-5-6-7-8-9-10-11-15-22-16-12-13-18-26(22)33(30,31)29-25-21-24(32-2)20-23-17-14-19-28-27(23)25/h12-14,16-21,29H,3-11,15H2,1-2H3. The van der Waals surface area contributed by atoms with E-state index in [1.165, 1.54) is 44.9 Å². The van der Waals surface area contributed by atoms with E-state index in [4.69, 9.17) is 4.74 Å². The van der Waals surface area contributed by atoms with Crippen molar-refractivity contribution in [2.45, 2.75) is 76.0 Å². The number of nitrogens with zero attached hydrogens (tertiary/aromatic N) is 1. The number of ether oxygens (including phenoxy) is 1. The molecule has 0 bridgehead atoms. The van der Waals surface area contributed by atoms with Crippen LogP contribution in [0.2, 0.25) is 0 Å². The Kier molecular flexibility index (Phi) is 9.55. The van der Waals surface area contributed by atoms with Gasteiger partial charge in [0.05, 0.1) is 23.2 Å². The Balaban J connectivity index is 1.66. The van der Waals surface area contributed by atoms with Crippen molar-refractivity contribution in [1.29, 1.82) is 0 Å². The van der Waals surface area contributed by atoms with E-state index in [9.17, 15) is 8.42 Å². The fourth-order valence-electron chi connectivity index (χ4n) is 4.16. The molecule has 0 saturated heterocycles. The predicted molar refractivity (Wildman–Crippen MR) is 136 cm³/mol. The van der Waals surface area contributed by atoms with Gasteiger partial charge in [-0.15, -0.1) is 0 Å². The molecule has 0 unspecified atom stereocenters. The Morgan fingerprint density at radius 3 is 2.30 bits per heavy atom. The van der Waals surface area contributed by atoms with Crippen LogP contribution in [0.25, 0.3) is 10.9 Å². The number of nitrogens with one attached hydrogen (secondary N) is 1. The largest absolute Gasteiger partial charge is 0.497 e. The molecule has 33 heavy (non-hydrogen) atoms. The van der Waals surface area contributed by atoms with Crippen LogP contribution in [0.5, 0.6) is 5.75 Å². The van der Waals surface area contributed by atoms with Crippen molar-refractivity contribution in [3.8, 4) is 5.75 Å². The molecular weight excluding hydrogens is 432 g/mol. The summed E-state index contributed by atoms with van der Waals surface area (Å²) in [5.74, 6) is 0.580. The minimum atomic E-state index is -3.77. The minimum absolute atomic E-state index is 0.330. The number of aryl methyl sites for hydroxylation is 1. The maximum absolute atomic E-state index is 13.3. The Bertz CT molecular complexity index is 1130. The summed E-state index contributed by atoms with van der Waals surface area (Å²) in [6.45, 7) is 2.24. The van der Waals surface area contributed by atoms with Crippen LogP contribution in [0.15, 0.2) is 59.6 Å². The topological polar surface area (TPSA) is 68.3 Å². The van der Waals surface area contributed by atoms with Gasteiger partial charge in [-0.25, -0.2) is 8.42 Å². The number of pyridine rings is 1. The van der Waals surface area contributed by atoms with Gasteiger partial charge in [0.15, 0.2) is 0 Å². The first-order valence-electron chi connectivity index (χ1n) is 12.1. The lowest BCUT2D eigenvalue weighted by molar-refractivity contribution is 0.415. The van der Waals surface area contributed by atoms with Crippen LogP contribution in [0.4, 0.5) is 5.69 Å². The van der Waals surface area contributed by atoms with Gasteiger partial charge in [-0.05, 0) is 36.6 Å². The van der Waals surface area contributed by atoms with Crippen molar-refractivity contribution in [3.05, 3.63) is 60.3 Å². The summed E-state index contributed by atoms with van der Waals surface area (Å²) in [5, 5.41) is 0.817. The highest BCUT2D eigenvalue weighted by atomic mass is 32.2. The first-order valence-corrected chi connectivity index (χ1v) is 13.6. The Labute approximate surface area is 198 Å². The lowest BCUT2D eigenvalue weighted by Gasteiger charge is -2.14. The number of hydrogen-bond acceptors (Lipinski definition) is 4. The first-order chi connectivity index (χ1) is 16.0. The third-order valence-corrected chi connectivity index (χ3v) is 7.44. The summed E-state index contributed by atoms with van der Waals surface area (Å²) in [6, 6.07) is 14.5. The van der Waals surface area contributed by atoms with Gasteiger partial charge in [-0.2, -0.15) is 0 Å². The smallest absolute Gasteiger partial charge is 0.262 e. The van der Waals surface area contributed by atoms with Gasteiger partial charge < -0.3 is 4.74 Å². The van der Waals surface area contributed by atoms with E-state index in [1.54, 1.807) is 31.5 Å². The molecule has 0 saturated carbocycles. The number of aromatic nitrogens is 1. The zero-order valence-electron chi connectivity index (χ0n) is 19.8. The molecule has 0 aliphatic heterocycles. The van der Waals surface area contributed by atoms with E-state index in [0.29, 0.717) is 21.8 Å². The highest BCUT2D eigenvalue weighted by Gasteiger charge is 2.20. The number of anilines is 1. The summed E-state index contributed by atoms with van der Waals surface area (Å²) in [4.78, 5) is 4.71. The highest BCUT2D eigenvalue weighted by molar-refractivity contribution is 7.92. The third kappa shape index (κ3) is 7.19. The molecule has 1 heterocycles. The van der Waals surface area contributed by atoms with Crippen molar-refractivity contribution in [2.24, 2.45) is 0 Å². The molecule has 6 heteroatoms. The van der Waals surface area contributed by atoms with E-state index >= 15 is 0 Å². The second-order valence-corrected chi connectivity index (χ2v) is 10.2. The molecule has 0 fully saturated rings. The van der Waals surface area contributed by atoms with Crippen molar-refractivity contribution in [1.82, 2.24) is 4.98 Å². The summed E-state index contributed by atoms with van der Waals surface area (Å²) in [7, 11) is -2.20. The maximum atomic E-state index is 13.3. The summed E-state index contributed by atoms with van der Waals surface area (Å²) in [5.41, 5.74) is 1.87. The Morgan fingerprint density at radius 1 is 0.879 bits per heavy atom. The monoisotopic (exact) mass is 468 g/mol. The zero-order valence-corrected chi connectivity index (χ0v) is 20.7. The zero-order chi connectivity index (χ0) is 23.5. The fraction of sp³-hybridized carbons (Fsp3) is 0.444. The van der Waals surface area contributed by atoms with Crippen LogP contribution in [0, 0.1) is 0 Å². The van der Waals surface area contributed by atoms with Gasteiger partial charge >= 0.3 is 0 Å². The van der Waals surface area contributed by atoms with E-state index in [1.807, 2.05) is 30.3 Å². The molecule has 0 spiro atoms. The number of unbranched alkanes of at least 4 members (excludes halogenated alkanes) is 8. The lowest BCUT2D eigenvalue weighted by Crippen LogP contribution is -2.15. The average Bonchev–Trinajstić information content (AvgIpc) is 2.83. The van der Waals surface area contributed by atoms with Gasteiger partial charge in [0.2, 0.25) is 0 Å². The molecule has 0 amide bonds. The third-order valence-electron chi connectivity index (χ3n) is 5.97. The van der Waals surface area contributed by atoms with Crippen molar-refractivity contribution < 1.29 is 13.2 Å². The first kappa shape index (κ1) is 25.0. The number of benzene rings is 2. The molecule has 2 aromatic carbocycles. The molecule has 1 aromatic heterocycles. The van der Waals surface area contributed by atoms with E-state index < -0.39 is 10.0 Å². The van der Waals surface area contributed by atoms with Gasteiger partial charge in [-0.3, -0.25) is 9.71 Å². The second-order valence-electron chi connectivity index (χ2n) is 8.54. The molecule has 0 aliphatic rings. The van der Waals surface area contributed by atoms with Gasteiger partial charge in [0.1, 0.15) is 5.75 Å². The van der Waals surface area contributed by atoms with Crippen LogP contribution in [-0.2, 0) is 16.4 Å². The highest BCUT2D eigenvalue weighted by Crippen LogP contribution is 2.30. The number of methoxy groups -OCH3 is 1. The molecule has 0 aliphatic carbocycles. The molecule has 1 N–H and O–H groups in total. The number of fused-ring (bicyclic) bond motifs is 1. The lowest BCUT2D eigenvalue weighted by atomic mass is 10.0. The van der Waals surface area contributed by atoms with Crippen molar-refractivity contribution in [3.63, 3.8) is 0 Å². The summed E-state index contributed by atoms with van der Waals surface area (Å²) < 4.78 is 34.8. The van der Waals surface area contributed by atoms with Gasteiger partial charge in [-0.1, -0.05) is 82.6 Å². The van der Waals surface area contributed by atoms with Crippen molar-refractivity contribution in [2.75, 3.05) is 11.8 Å². The molecule has 3 aromatic rings. The minimum Gasteiger partial charge on any atom is -0.497 e. The number of hydrogen-bond donors (Lipinski definition) is 1. The van der Waals surface area contributed by atoms with E-state index in [2.05, 4.69) is 16.6 Å². The van der Waals surface area contributed by atoms with Crippen LogP contribution >= 0.6 is 0 Å². The maximum Gasteiger partial charge on any atom is 0.262 e. The van der Waals surface area contributed by atoms with Crippen LogP contribution in [0.1, 0.15) is 70.3 Å². The molecule has 178 valence electrons. The van der Waals surface area contributed by atoms with Gasteiger partial charge in [0, 0.05) is 17.6 Å². The molecule has 5 nitrogen and oxygen atoms in total. The van der Waals surface area contributed by atoms with Gasteiger partial charge in [0.25, 0.3) is 10.0 Å². The van der Waals surface area contributed by atoms with Crippen LogP contribution in [-0.4, -0.2) is 20.5 Å². The van der Waals surface area contributed by atoms with Crippen LogP contribution in [0.3, 0.4) is 0 Å². The molecule has 3 rings (SSSR count). The number of rotatable bonds is 14. The van der Waals surface area contributed by atoms with Crippen molar-refractivity contribution >= 4 is 26.6 Å². The average molecular weight is 469 g/mol. The van der Waals surface area contributed by atoms with E-state index in [0.717, 1.165) is 30.2 Å². The fourth-order valence-corrected chi connectivity index (χ4v) is 5.49. The summed E-state index contributed by atoms with van der Waals surface area (Å²) >= 11 is 0. The predicted octanol–water partition coefficient (Wildman–Crippen LogP) is 7.12. The number of sulfonamides is 1. The molecule has 0 atom stereocenters. The van der Waals surface area contributed by atoms with Crippen LogP contribution < -0.4 is 9.46 Å². The Hall–Kier alpha value is -2.60. The van der Waals surface area contributed by atoms with E-state index in [-0.39, 0.29) is 0 Å². The second kappa shape index (κ2) is 12.6. The SMILES string of the molecule is CCCCCCCCCCCc1ccccc1S(=O)(=O)Nc1cc(OC)cc2cccnc12.